The molecule has 1 aliphatic heterocycles. The zero-order valence-corrected chi connectivity index (χ0v) is 17.8. The molecule has 0 bridgehead atoms. The zero-order valence-electron chi connectivity index (χ0n) is 17.8. The molecule has 3 aromatic heterocycles. The van der Waals surface area contributed by atoms with Crippen LogP contribution in [-0.2, 0) is 6.61 Å². The van der Waals surface area contributed by atoms with E-state index >= 15 is 0 Å². The van der Waals surface area contributed by atoms with Crippen LogP contribution in [0.3, 0.4) is 0 Å². The number of nitrogens with zero attached hydrogens (tertiary/aromatic N) is 5. The first-order valence-electron chi connectivity index (χ1n) is 10.4. The third-order valence-corrected chi connectivity index (χ3v) is 5.47. The minimum Gasteiger partial charge on any atom is -0.421 e. The van der Waals surface area contributed by atoms with Gasteiger partial charge in [-0.15, -0.1) is 0 Å². The average Bonchev–Trinajstić information content (AvgIpc) is 3.48. The van der Waals surface area contributed by atoms with Crippen molar-refractivity contribution in [1.82, 2.24) is 30.0 Å². The molecule has 33 heavy (non-hydrogen) atoms. The highest BCUT2D eigenvalue weighted by atomic mass is 19.1. The molecule has 172 valence electrons. The lowest BCUT2D eigenvalue weighted by Crippen LogP contribution is -2.44. The Labute approximate surface area is 187 Å². The first-order chi connectivity index (χ1) is 16.0. The van der Waals surface area contributed by atoms with Crippen molar-refractivity contribution in [3.05, 3.63) is 47.8 Å². The fourth-order valence-electron chi connectivity index (χ4n) is 3.66. The van der Waals surface area contributed by atoms with Gasteiger partial charge in [0.1, 0.15) is 11.6 Å². The molecule has 1 aromatic carbocycles. The molecule has 12 heteroatoms. The topological polar surface area (TPSA) is 118 Å². The van der Waals surface area contributed by atoms with Crippen LogP contribution in [0.2, 0.25) is 0 Å². The van der Waals surface area contributed by atoms with Gasteiger partial charge in [0.05, 0.1) is 17.8 Å². The van der Waals surface area contributed by atoms with Crippen LogP contribution in [-0.4, -0.2) is 68.4 Å². The number of rotatable bonds is 6. The zero-order chi connectivity index (χ0) is 22.9. The molecule has 0 radical (unpaired) electrons. The molecule has 1 fully saturated rings. The fourth-order valence-corrected chi connectivity index (χ4v) is 3.66. The van der Waals surface area contributed by atoms with Gasteiger partial charge in [0.2, 0.25) is 0 Å². The summed E-state index contributed by atoms with van der Waals surface area (Å²) < 4.78 is 34.9. The minimum atomic E-state index is -0.712. The van der Waals surface area contributed by atoms with Crippen LogP contribution in [0.5, 0.6) is 11.8 Å². The number of H-pyrrole nitrogens is 2. The third-order valence-electron chi connectivity index (χ3n) is 5.47. The van der Waals surface area contributed by atoms with Gasteiger partial charge in [-0.3, -0.25) is 5.10 Å². The SMILES string of the molecule is CN1CCN(c2cc(Nc3cc(CO)[nH]n3)nc(Oc3cc(F)c4[nH]ccc4c3F)n2)CC1. The summed E-state index contributed by atoms with van der Waals surface area (Å²) >= 11 is 0. The molecule has 5 rings (SSSR count). The van der Waals surface area contributed by atoms with Gasteiger partial charge in [-0.25, -0.2) is 8.78 Å². The van der Waals surface area contributed by atoms with E-state index in [2.05, 4.69) is 40.3 Å². The van der Waals surface area contributed by atoms with E-state index in [4.69, 9.17) is 4.74 Å². The minimum absolute atomic E-state index is 0.0625. The van der Waals surface area contributed by atoms with Crippen LogP contribution in [0.4, 0.5) is 26.2 Å². The van der Waals surface area contributed by atoms with Gasteiger partial charge in [0.25, 0.3) is 0 Å². The molecule has 1 aliphatic rings. The van der Waals surface area contributed by atoms with Crippen molar-refractivity contribution in [2.45, 2.75) is 6.61 Å². The monoisotopic (exact) mass is 456 g/mol. The molecular formula is C21H22F2N8O2. The number of hydrogen-bond acceptors (Lipinski definition) is 8. The number of ether oxygens (including phenoxy) is 1. The van der Waals surface area contributed by atoms with E-state index in [0.717, 1.165) is 32.2 Å². The Morgan fingerprint density at radius 3 is 2.70 bits per heavy atom. The summed E-state index contributed by atoms with van der Waals surface area (Å²) in [6, 6.07) is 5.63. The molecule has 0 unspecified atom stereocenters. The largest absolute Gasteiger partial charge is 0.421 e. The van der Waals surface area contributed by atoms with Gasteiger partial charge in [-0.05, 0) is 13.1 Å². The lowest BCUT2D eigenvalue weighted by molar-refractivity contribution is 0.276. The Hall–Kier alpha value is -3.77. The van der Waals surface area contributed by atoms with Crippen LogP contribution in [0.15, 0.2) is 30.5 Å². The van der Waals surface area contributed by atoms with Crippen LogP contribution in [0, 0.1) is 11.6 Å². The first kappa shape index (κ1) is 21.1. The molecule has 0 spiro atoms. The Kier molecular flexibility index (Phi) is 5.52. The Morgan fingerprint density at radius 2 is 1.94 bits per heavy atom. The van der Waals surface area contributed by atoms with E-state index in [9.17, 15) is 13.9 Å². The lowest BCUT2D eigenvalue weighted by atomic mass is 10.2. The molecule has 0 amide bonds. The van der Waals surface area contributed by atoms with Crippen LogP contribution in [0.1, 0.15) is 5.69 Å². The molecule has 0 aliphatic carbocycles. The van der Waals surface area contributed by atoms with E-state index in [0.29, 0.717) is 23.1 Å². The quantitative estimate of drug-likeness (QED) is 0.350. The summed E-state index contributed by atoms with van der Waals surface area (Å²) in [6.45, 7) is 2.99. The molecule has 0 saturated carbocycles. The Morgan fingerprint density at radius 1 is 1.12 bits per heavy atom. The van der Waals surface area contributed by atoms with Gasteiger partial charge >= 0.3 is 6.01 Å². The van der Waals surface area contributed by atoms with Crippen molar-refractivity contribution < 1.29 is 18.6 Å². The van der Waals surface area contributed by atoms with Crippen molar-refractivity contribution in [3.63, 3.8) is 0 Å². The maximum absolute atomic E-state index is 14.9. The van der Waals surface area contributed by atoms with Gasteiger partial charge < -0.3 is 29.9 Å². The molecule has 10 nitrogen and oxygen atoms in total. The smallest absolute Gasteiger partial charge is 0.326 e. The van der Waals surface area contributed by atoms with Gasteiger partial charge in [0.15, 0.2) is 23.2 Å². The second kappa shape index (κ2) is 8.64. The van der Waals surface area contributed by atoms with E-state index in [1.807, 2.05) is 7.05 Å². The van der Waals surface area contributed by atoms with Crippen LogP contribution >= 0.6 is 0 Å². The number of benzene rings is 1. The number of aromatic nitrogens is 5. The maximum atomic E-state index is 14.9. The summed E-state index contributed by atoms with van der Waals surface area (Å²) in [5.74, 6) is -0.309. The number of fused-ring (bicyclic) bond motifs is 1. The van der Waals surface area contributed by atoms with Crippen molar-refractivity contribution in [3.8, 4) is 11.8 Å². The molecule has 4 heterocycles. The number of aliphatic hydroxyl groups excluding tert-OH is 1. The number of aromatic amines is 2. The molecule has 4 aromatic rings. The number of halogens is 2. The van der Waals surface area contributed by atoms with E-state index in [1.54, 1.807) is 12.1 Å². The normalized spacial score (nSPS) is 14.7. The lowest BCUT2D eigenvalue weighted by Gasteiger charge is -2.33. The van der Waals surface area contributed by atoms with Crippen molar-refractivity contribution in [2.24, 2.45) is 0 Å². The second-order valence-electron chi connectivity index (χ2n) is 7.78. The highest BCUT2D eigenvalue weighted by Gasteiger charge is 2.20. The highest BCUT2D eigenvalue weighted by molar-refractivity contribution is 5.82. The van der Waals surface area contributed by atoms with E-state index in [-0.39, 0.29) is 29.3 Å². The summed E-state index contributed by atoms with van der Waals surface area (Å²) in [4.78, 5) is 15.7. The number of nitrogens with one attached hydrogen (secondary N) is 3. The van der Waals surface area contributed by atoms with Crippen LogP contribution in [0.25, 0.3) is 10.9 Å². The number of hydrogen-bond donors (Lipinski definition) is 4. The van der Waals surface area contributed by atoms with E-state index in [1.165, 1.54) is 12.3 Å². The standard InChI is InChI=1S/C21H22F2N8O2/c1-30-4-6-31(7-5-30)18-10-16(25-17-8-12(11-32)28-29-17)26-21(27-18)33-15-9-14(22)20-13(19(15)23)2-3-24-20/h2-3,8-10,24,32H,4-7,11H2,1H3,(H2,25,26,27,28,29). The van der Waals surface area contributed by atoms with Gasteiger partial charge in [-0.1, -0.05) is 0 Å². The highest BCUT2D eigenvalue weighted by Crippen LogP contribution is 2.32. The average molecular weight is 456 g/mol. The molecule has 1 saturated heterocycles. The Balaban J connectivity index is 1.50. The predicted molar refractivity (Wildman–Crippen MR) is 118 cm³/mol. The summed E-state index contributed by atoms with van der Waals surface area (Å²) in [6.07, 6.45) is 1.46. The van der Waals surface area contributed by atoms with Crippen molar-refractivity contribution in [2.75, 3.05) is 43.4 Å². The molecule has 0 atom stereocenters. The predicted octanol–water partition coefficient (Wildman–Crippen LogP) is 2.74. The second-order valence-corrected chi connectivity index (χ2v) is 7.78. The third kappa shape index (κ3) is 4.30. The van der Waals surface area contributed by atoms with Crippen molar-refractivity contribution in [1.29, 1.82) is 0 Å². The van der Waals surface area contributed by atoms with Crippen LogP contribution < -0.4 is 15.0 Å². The maximum Gasteiger partial charge on any atom is 0.326 e. The first-order valence-corrected chi connectivity index (χ1v) is 10.4. The summed E-state index contributed by atoms with van der Waals surface area (Å²) in [5.41, 5.74) is 0.590. The fraction of sp³-hybridized carbons (Fsp3) is 0.286. The Bertz CT molecular complexity index is 1280. The molecule has 4 N–H and O–H groups in total. The number of aliphatic hydroxyl groups is 1. The van der Waals surface area contributed by atoms with Gasteiger partial charge in [-0.2, -0.15) is 15.1 Å². The van der Waals surface area contributed by atoms with Crippen molar-refractivity contribution >= 4 is 28.4 Å². The molecular weight excluding hydrogens is 434 g/mol. The van der Waals surface area contributed by atoms with Gasteiger partial charge in [0, 0.05) is 56.0 Å². The number of piperazine rings is 1. The van der Waals surface area contributed by atoms with E-state index < -0.39 is 11.6 Å². The number of likely N-dealkylation sites (N-methyl/N-ethyl adjacent to an activating group) is 1. The summed E-state index contributed by atoms with van der Waals surface area (Å²) in [7, 11) is 2.05. The summed E-state index contributed by atoms with van der Waals surface area (Å²) in [5, 5.41) is 19.1. The number of anilines is 3.